The maximum Gasteiger partial charge on any atom is 0.118 e. The zero-order chi connectivity index (χ0) is 28.4. The average Bonchev–Trinajstić information content (AvgIpc) is 3.45. The van der Waals surface area contributed by atoms with Gasteiger partial charge in [0.05, 0.1) is 20.3 Å². The van der Waals surface area contributed by atoms with Crippen molar-refractivity contribution in [2.24, 2.45) is 0 Å². The second kappa shape index (κ2) is 29.3. The SMILES string of the molecule is C.C.CC.CN1CCCC1.CN1CCOCC1.COc1ccccc1.Cc1ccc(C)cc1.Cc1ccccc1. The van der Waals surface area contributed by atoms with Crippen molar-refractivity contribution in [1.82, 2.24) is 9.80 Å². The molecule has 2 aliphatic rings. The fourth-order valence-electron chi connectivity index (χ4n) is 3.26. The summed E-state index contributed by atoms with van der Waals surface area (Å²) < 4.78 is 10.0. The summed E-state index contributed by atoms with van der Waals surface area (Å²) in [6.07, 6.45) is 2.83. The zero-order valence-electron chi connectivity index (χ0n) is 25.5. The highest BCUT2D eigenvalue weighted by molar-refractivity contribution is 5.20. The largest absolute Gasteiger partial charge is 0.497 e. The molecule has 3 aromatic rings. The summed E-state index contributed by atoms with van der Waals surface area (Å²) >= 11 is 0. The van der Waals surface area contributed by atoms with Crippen molar-refractivity contribution in [3.8, 4) is 5.75 Å². The van der Waals surface area contributed by atoms with Crippen LogP contribution in [0.25, 0.3) is 0 Å². The van der Waals surface area contributed by atoms with Crippen LogP contribution < -0.4 is 4.74 Å². The van der Waals surface area contributed by atoms with Crippen LogP contribution in [0.5, 0.6) is 5.75 Å². The predicted molar refractivity (Wildman–Crippen MR) is 180 cm³/mol. The van der Waals surface area contributed by atoms with Gasteiger partial charge in [0, 0.05) is 13.1 Å². The molecule has 3 aromatic carbocycles. The van der Waals surface area contributed by atoms with Crippen LogP contribution in [0.2, 0.25) is 0 Å². The first-order valence-electron chi connectivity index (χ1n) is 14.0. The van der Waals surface area contributed by atoms with E-state index in [0.717, 1.165) is 32.1 Å². The smallest absolute Gasteiger partial charge is 0.118 e. The summed E-state index contributed by atoms with van der Waals surface area (Å²) in [7, 11) is 5.95. The van der Waals surface area contributed by atoms with Gasteiger partial charge in [-0.05, 0) is 72.9 Å². The number of nitrogens with zero attached hydrogens (tertiary/aromatic N) is 2. The first-order chi connectivity index (χ1) is 18.4. The van der Waals surface area contributed by atoms with Gasteiger partial charge in [0.25, 0.3) is 0 Å². The second-order valence-electron chi connectivity index (χ2n) is 9.25. The number of para-hydroxylation sites is 1. The van der Waals surface area contributed by atoms with Crippen molar-refractivity contribution in [3.05, 3.63) is 102 Å². The molecule has 0 radical (unpaired) electrons. The summed E-state index contributed by atoms with van der Waals surface area (Å²) in [5, 5.41) is 0. The minimum Gasteiger partial charge on any atom is -0.497 e. The molecule has 2 aliphatic heterocycles. The standard InChI is InChI=1S/C8H10.C7H8O.C7H8.C5H11NO.C5H11N.C2H6.2CH4/c1-7-3-5-8(2)6-4-7;1-8-7-5-3-2-4-6-7;1-7-5-3-2-4-6-7;1-6-2-4-7-5-3-6;1-6-4-2-3-5-6;1-2;;/h3-6H,1-2H3;2-6H,1H3;2-6H,1H3;2-5H2,1H3;2-5H2,1H3;1-2H3;2*1H4. The van der Waals surface area contributed by atoms with Crippen LogP contribution in [0.1, 0.15) is 58.2 Å². The summed E-state index contributed by atoms with van der Waals surface area (Å²) in [5.41, 5.74) is 3.98. The van der Waals surface area contributed by atoms with Gasteiger partial charge in [0.2, 0.25) is 0 Å². The van der Waals surface area contributed by atoms with Crippen molar-refractivity contribution in [1.29, 1.82) is 0 Å². The van der Waals surface area contributed by atoms with Gasteiger partial charge in [-0.2, -0.15) is 0 Å². The first kappa shape index (κ1) is 41.8. The quantitative estimate of drug-likeness (QED) is 0.300. The van der Waals surface area contributed by atoms with E-state index in [1.165, 1.54) is 42.6 Å². The molecular formula is C36H62N2O2. The van der Waals surface area contributed by atoms with Crippen LogP contribution in [0.4, 0.5) is 0 Å². The van der Waals surface area contributed by atoms with Gasteiger partial charge < -0.3 is 19.3 Å². The third-order valence-corrected chi connectivity index (χ3v) is 5.70. The van der Waals surface area contributed by atoms with Crippen molar-refractivity contribution >= 4 is 0 Å². The second-order valence-corrected chi connectivity index (χ2v) is 9.25. The molecule has 4 heteroatoms. The molecule has 4 nitrogen and oxygen atoms in total. The summed E-state index contributed by atoms with van der Waals surface area (Å²) in [5.74, 6) is 0.910. The van der Waals surface area contributed by atoms with Gasteiger partial charge in [-0.1, -0.05) is 118 Å². The summed E-state index contributed by atoms with van der Waals surface area (Å²) in [6.45, 7) is 16.9. The molecule has 2 fully saturated rings. The third kappa shape index (κ3) is 25.6. The van der Waals surface area contributed by atoms with E-state index >= 15 is 0 Å². The molecule has 0 saturated carbocycles. The van der Waals surface area contributed by atoms with Crippen molar-refractivity contribution in [2.75, 3.05) is 60.6 Å². The van der Waals surface area contributed by atoms with Crippen LogP contribution in [-0.4, -0.2) is 70.4 Å². The van der Waals surface area contributed by atoms with Gasteiger partial charge in [-0.3, -0.25) is 0 Å². The van der Waals surface area contributed by atoms with Gasteiger partial charge >= 0.3 is 0 Å². The highest BCUT2D eigenvalue weighted by Crippen LogP contribution is 2.05. The van der Waals surface area contributed by atoms with Gasteiger partial charge in [-0.15, -0.1) is 0 Å². The van der Waals surface area contributed by atoms with Crippen molar-refractivity contribution in [2.45, 2.75) is 62.3 Å². The highest BCUT2D eigenvalue weighted by Gasteiger charge is 2.03. The molecule has 0 atom stereocenters. The molecule has 0 amide bonds. The van der Waals surface area contributed by atoms with E-state index in [1.54, 1.807) is 7.11 Å². The predicted octanol–water partition coefficient (Wildman–Crippen LogP) is 8.95. The molecule has 40 heavy (non-hydrogen) atoms. The zero-order valence-corrected chi connectivity index (χ0v) is 25.5. The number of likely N-dealkylation sites (tertiary alicyclic amines) is 1. The van der Waals surface area contributed by atoms with E-state index in [2.05, 4.69) is 81.1 Å². The van der Waals surface area contributed by atoms with Gasteiger partial charge in [-0.25, -0.2) is 0 Å². The highest BCUT2D eigenvalue weighted by atomic mass is 16.5. The molecule has 0 aliphatic carbocycles. The third-order valence-electron chi connectivity index (χ3n) is 5.70. The van der Waals surface area contributed by atoms with Crippen molar-refractivity contribution < 1.29 is 9.47 Å². The van der Waals surface area contributed by atoms with E-state index in [1.807, 2.05) is 62.4 Å². The van der Waals surface area contributed by atoms with Crippen LogP contribution in [-0.2, 0) is 4.74 Å². The molecule has 0 spiro atoms. The van der Waals surface area contributed by atoms with Gasteiger partial charge in [0.1, 0.15) is 5.75 Å². The summed E-state index contributed by atoms with van der Waals surface area (Å²) in [4.78, 5) is 4.63. The van der Waals surface area contributed by atoms with E-state index < -0.39 is 0 Å². The summed E-state index contributed by atoms with van der Waals surface area (Å²) in [6, 6.07) is 28.4. The first-order valence-corrected chi connectivity index (χ1v) is 14.0. The maximum atomic E-state index is 5.10. The number of rotatable bonds is 1. The lowest BCUT2D eigenvalue weighted by molar-refractivity contribution is 0.0503. The number of benzene rings is 3. The Morgan fingerprint density at radius 1 is 0.550 bits per heavy atom. The lowest BCUT2D eigenvalue weighted by Crippen LogP contribution is -2.32. The van der Waals surface area contributed by atoms with Crippen LogP contribution in [0, 0.1) is 20.8 Å². The fraction of sp³-hybridized carbons (Fsp3) is 0.500. The molecular weight excluding hydrogens is 492 g/mol. The van der Waals surface area contributed by atoms with E-state index in [9.17, 15) is 0 Å². The Hall–Kier alpha value is -2.66. The minimum absolute atomic E-state index is 0. The Balaban J connectivity index is -0.000000417. The Morgan fingerprint density at radius 3 is 1.12 bits per heavy atom. The average molecular weight is 555 g/mol. The number of hydrogen-bond acceptors (Lipinski definition) is 4. The van der Waals surface area contributed by atoms with Crippen LogP contribution in [0.3, 0.4) is 0 Å². The van der Waals surface area contributed by atoms with Crippen LogP contribution in [0.15, 0.2) is 84.9 Å². The number of hydrogen-bond donors (Lipinski definition) is 0. The van der Waals surface area contributed by atoms with Crippen molar-refractivity contribution in [3.63, 3.8) is 0 Å². The van der Waals surface area contributed by atoms with Crippen LogP contribution >= 0.6 is 0 Å². The molecule has 0 aromatic heterocycles. The number of likely N-dealkylation sites (N-methyl/N-ethyl adjacent to an activating group) is 1. The number of ether oxygens (including phenoxy) is 2. The fourth-order valence-corrected chi connectivity index (χ4v) is 3.26. The number of methoxy groups -OCH3 is 1. The molecule has 0 bridgehead atoms. The molecule has 228 valence electrons. The molecule has 2 saturated heterocycles. The topological polar surface area (TPSA) is 24.9 Å². The lowest BCUT2D eigenvalue weighted by atomic mass is 10.2. The molecule has 2 heterocycles. The normalized spacial score (nSPS) is 13.5. The minimum atomic E-state index is 0. The molecule has 0 unspecified atom stereocenters. The Morgan fingerprint density at radius 2 is 0.900 bits per heavy atom. The number of morpholine rings is 1. The molecule has 0 N–H and O–H groups in total. The number of aryl methyl sites for hydroxylation is 3. The Bertz CT molecular complexity index is 837. The van der Waals surface area contributed by atoms with E-state index in [-0.39, 0.29) is 14.9 Å². The molecule has 5 rings (SSSR count). The lowest BCUT2D eigenvalue weighted by Gasteiger charge is -2.21. The van der Waals surface area contributed by atoms with E-state index in [4.69, 9.17) is 9.47 Å². The van der Waals surface area contributed by atoms with Gasteiger partial charge in [0.15, 0.2) is 0 Å². The van der Waals surface area contributed by atoms with E-state index in [0.29, 0.717) is 0 Å². The maximum absolute atomic E-state index is 5.10. The Kier molecular flexibility index (Phi) is 30.7. The monoisotopic (exact) mass is 554 g/mol. The Labute approximate surface area is 249 Å².